The first-order chi connectivity index (χ1) is 15.8. The van der Waals surface area contributed by atoms with E-state index < -0.39 is 0 Å². The lowest BCUT2D eigenvalue weighted by atomic mass is 10.1. The van der Waals surface area contributed by atoms with E-state index in [0.29, 0.717) is 19.1 Å². The SMILES string of the molecule is CCNC(=NCc1cccc(Cn2ccnc2)c1)N1CCC(COCc2ccccc2)C1. The molecule has 2 heterocycles. The second kappa shape index (κ2) is 11.5. The van der Waals surface area contributed by atoms with E-state index in [1.807, 2.05) is 24.8 Å². The molecule has 1 aliphatic rings. The fraction of sp³-hybridized carbons (Fsp3) is 0.385. The summed E-state index contributed by atoms with van der Waals surface area (Å²) < 4.78 is 8.06. The smallest absolute Gasteiger partial charge is 0.194 e. The number of aliphatic imine (C=N–C) groups is 1. The highest BCUT2D eigenvalue weighted by Gasteiger charge is 2.25. The number of nitrogens with one attached hydrogen (secondary N) is 1. The molecule has 0 radical (unpaired) electrons. The van der Waals surface area contributed by atoms with Crippen molar-refractivity contribution < 1.29 is 4.74 Å². The summed E-state index contributed by atoms with van der Waals surface area (Å²) in [5.74, 6) is 1.54. The van der Waals surface area contributed by atoms with Gasteiger partial charge in [-0.1, -0.05) is 54.6 Å². The monoisotopic (exact) mass is 431 g/mol. The summed E-state index contributed by atoms with van der Waals surface area (Å²) in [6, 6.07) is 19.0. The van der Waals surface area contributed by atoms with Gasteiger partial charge in [0.2, 0.25) is 0 Å². The number of rotatable bonds is 9. The van der Waals surface area contributed by atoms with Crippen LogP contribution in [-0.2, 0) is 24.4 Å². The molecule has 0 spiro atoms. The van der Waals surface area contributed by atoms with Crippen LogP contribution in [0.1, 0.15) is 30.0 Å². The number of hydrogen-bond acceptors (Lipinski definition) is 3. The molecule has 4 rings (SSSR count). The van der Waals surface area contributed by atoms with Crippen molar-refractivity contribution in [3.8, 4) is 0 Å². The molecule has 1 aromatic heterocycles. The number of guanidine groups is 1. The maximum Gasteiger partial charge on any atom is 0.194 e. The molecule has 1 saturated heterocycles. The van der Waals surface area contributed by atoms with E-state index in [9.17, 15) is 0 Å². The number of benzene rings is 2. The Hall–Kier alpha value is -3.12. The Labute approximate surface area is 191 Å². The van der Waals surface area contributed by atoms with Crippen LogP contribution in [0.4, 0.5) is 0 Å². The minimum atomic E-state index is 0.543. The maximum atomic E-state index is 5.98. The lowest BCUT2D eigenvalue weighted by Crippen LogP contribution is -2.40. The first kappa shape index (κ1) is 22.1. The zero-order valence-corrected chi connectivity index (χ0v) is 18.9. The van der Waals surface area contributed by atoms with Crippen molar-refractivity contribution >= 4 is 5.96 Å². The molecule has 2 aromatic carbocycles. The van der Waals surface area contributed by atoms with Gasteiger partial charge in [0.05, 0.1) is 26.1 Å². The standard InChI is InChI=1S/C26H33N5O/c1-2-28-26(29-16-23-9-6-10-24(15-23)17-30-14-12-27-21-30)31-13-11-25(18-31)20-32-19-22-7-4-3-5-8-22/h3-10,12,14-15,21,25H,2,11,13,16-20H2,1H3,(H,28,29). The van der Waals surface area contributed by atoms with Crippen LogP contribution < -0.4 is 5.32 Å². The van der Waals surface area contributed by atoms with E-state index >= 15 is 0 Å². The number of imidazole rings is 1. The highest BCUT2D eigenvalue weighted by Crippen LogP contribution is 2.18. The minimum Gasteiger partial charge on any atom is -0.376 e. The van der Waals surface area contributed by atoms with Crippen LogP contribution in [0.3, 0.4) is 0 Å². The molecule has 6 nitrogen and oxygen atoms in total. The third kappa shape index (κ3) is 6.44. The third-order valence-electron chi connectivity index (χ3n) is 5.71. The molecule has 1 aliphatic heterocycles. The van der Waals surface area contributed by atoms with Crippen LogP contribution in [0.15, 0.2) is 78.3 Å². The van der Waals surface area contributed by atoms with Gasteiger partial charge in [-0.3, -0.25) is 0 Å². The second-order valence-electron chi connectivity index (χ2n) is 8.33. The number of nitrogens with zero attached hydrogens (tertiary/aromatic N) is 4. The normalized spacial score (nSPS) is 16.5. The van der Waals surface area contributed by atoms with Gasteiger partial charge in [0.25, 0.3) is 0 Å². The van der Waals surface area contributed by atoms with Gasteiger partial charge in [-0.25, -0.2) is 9.98 Å². The number of ether oxygens (including phenoxy) is 1. The highest BCUT2D eigenvalue weighted by atomic mass is 16.5. The van der Waals surface area contributed by atoms with Crippen LogP contribution >= 0.6 is 0 Å². The number of aromatic nitrogens is 2. The summed E-state index contributed by atoms with van der Waals surface area (Å²) in [5, 5.41) is 3.47. The van der Waals surface area contributed by atoms with Crippen molar-refractivity contribution in [3.63, 3.8) is 0 Å². The van der Waals surface area contributed by atoms with Crippen molar-refractivity contribution in [1.29, 1.82) is 0 Å². The van der Waals surface area contributed by atoms with Crippen molar-refractivity contribution in [2.75, 3.05) is 26.2 Å². The van der Waals surface area contributed by atoms with Crippen LogP contribution in [0.5, 0.6) is 0 Å². The molecule has 3 aromatic rings. The maximum absolute atomic E-state index is 5.98. The molecular formula is C26H33N5O. The topological polar surface area (TPSA) is 54.7 Å². The van der Waals surface area contributed by atoms with Gasteiger partial charge in [-0.15, -0.1) is 0 Å². The van der Waals surface area contributed by atoms with E-state index in [4.69, 9.17) is 9.73 Å². The Morgan fingerprint density at radius 1 is 1.12 bits per heavy atom. The van der Waals surface area contributed by atoms with Crippen LogP contribution in [0, 0.1) is 5.92 Å². The Morgan fingerprint density at radius 2 is 1.97 bits per heavy atom. The number of hydrogen-bond donors (Lipinski definition) is 1. The molecule has 168 valence electrons. The van der Waals surface area contributed by atoms with Crippen LogP contribution in [0.25, 0.3) is 0 Å². The summed E-state index contributed by atoms with van der Waals surface area (Å²) in [5.41, 5.74) is 3.71. The largest absolute Gasteiger partial charge is 0.376 e. The lowest BCUT2D eigenvalue weighted by molar-refractivity contribution is 0.0906. The molecule has 0 amide bonds. The highest BCUT2D eigenvalue weighted by molar-refractivity contribution is 5.80. The van der Waals surface area contributed by atoms with Crippen LogP contribution in [0.2, 0.25) is 0 Å². The average Bonchev–Trinajstić information content (AvgIpc) is 3.50. The summed E-state index contributed by atoms with van der Waals surface area (Å²) in [7, 11) is 0. The lowest BCUT2D eigenvalue weighted by Gasteiger charge is -2.22. The van der Waals surface area contributed by atoms with Crippen LogP contribution in [-0.4, -0.2) is 46.7 Å². The summed E-state index contributed by atoms with van der Waals surface area (Å²) in [6.45, 7) is 7.97. The van der Waals surface area contributed by atoms with E-state index in [2.05, 4.69) is 75.2 Å². The van der Waals surface area contributed by atoms with Crippen molar-refractivity contribution in [3.05, 3.63) is 90.0 Å². The van der Waals surface area contributed by atoms with E-state index in [1.54, 1.807) is 0 Å². The summed E-state index contributed by atoms with van der Waals surface area (Å²) in [4.78, 5) is 11.4. The zero-order chi connectivity index (χ0) is 22.0. The molecule has 1 fully saturated rings. The Morgan fingerprint density at radius 3 is 2.78 bits per heavy atom. The number of likely N-dealkylation sites (tertiary alicyclic amines) is 1. The minimum absolute atomic E-state index is 0.543. The van der Waals surface area contributed by atoms with Gasteiger partial charge in [0.15, 0.2) is 5.96 Å². The third-order valence-corrected chi connectivity index (χ3v) is 5.71. The first-order valence-electron chi connectivity index (χ1n) is 11.5. The van der Waals surface area contributed by atoms with Gasteiger partial charge < -0.3 is 19.5 Å². The molecule has 0 bridgehead atoms. The van der Waals surface area contributed by atoms with Gasteiger partial charge in [-0.2, -0.15) is 0 Å². The Bertz CT molecular complexity index is 971. The second-order valence-corrected chi connectivity index (χ2v) is 8.33. The van der Waals surface area contributed by atoms with Gasteiger partial charge in [-0.05, 0) is 30.0 Å². The first-order valence-corrected chi connectivity index (χ1v) is 11.5. The van der Waals surface area contributed by atoms with E-state index in [-0.39, 0.29) is 0 Å². The van der Waals surface area contributed by atoms with Gasteiger partial charge >= 0.3 is 0 Å². The quantitative estimate of drug-likeness (QED) is 0.412. The molecule has 1 atom stereocenters. The summed E-state index contributed by atoms with van der Waals surface area (Å²) >= 11 is 0. The van der Waals surface area contributed by atoms with Crippen molar-refractivity contribution in [2.45, 2.75) is 33.0 Å². The van der Waals surface area contributed by atoms with Gasteiger partial charge in [0.1, 0.15) is 0 Å². The molecule has 1 unspecified atom stereocenters. The molecule has 1 N–H and O–H groups in total. The zero-order valence-electron chi connectivity index (χ0n) is 18.9. The predicted molar refractivity (Wildman–Crippen MR) is 128 cm³/mol. The van der Waals surface area contributed by atoms with Crippen molar-refractivity contribution in [1.82, 2.24) is 19.8 Å². The van der Waals surface area contributed by atoms with Gasteiger partial charge in [0, 0.05) is 44.5 Å². The summed E-state index contributed by atoms with van der Waals surface area (Å²) in [6.07, 6.45) is 6.79. The molecule has 32 heavy (non-hydrogen) atoms. The Balaban J connectivity index is 1.30. The van der Waals surface area contributed by atoms with E-state index in [0.717, 1.165) is 45.2 Å². The molecule has 6 heteroatoms. The molecule has 0 saturated carbocycles. The van der Waals surface area contributed by atoms with Crippen molar-refractivity contribution in [2.24, 2.45) is 10.9 Å². The van der Waals surface area contributed by atoms with E-state index in [1.165, 1.54) is 16.7 Å². The predicted octanol–water partition coefficient (Wildman–Crippen LogP) is 3.94. The molecular weight excluding hydrogens is 398 g/mol. The fourth-order valence-electron chi connectivity index (χ4n) is 4.09. The Kier molecular flexibility index (Phi) is 7.93. The fourth-order valence-corrected chi connectivity index (χ4v) is 4.09. The molecule has 0 aliphatic carbocycles. The average molecular weight is 432 g/mol.